The second kappa shape index (κ2) is 10.5. The molecule has 2 nitrogen and oxygen atoms in total. The summed E-state index contributed by atoms with van der Waals surface area (Å²) < 4.78 is 0. The fourth-order valence-electron chi connectivity index (χ4n) is 5.88. The molecule has 1 aliphatic rings. The number of hydrogen-bond acceptors (Lipinski definition) is 1. The van der Waals surface area contributed by atoms with Crippen LogP contribution in [-0.4, -0.2) is 10.7 Å². The fourth-order valence-corrected chi connectivity index (χ4v) is 5.88. The van der Waals surface area contributed by atoms with Crippen molar-refractivity contribution in [1.82, 2.24) is 4.98 Å². The summed E-state index contributed by atoms with van der Waals surface area (Å²) >= 11 is 0. The Balaban J connectivity index is 1.86. The molecule has 2 heterocycles. The molecule has 0 saturated carbocycles. The number of aryl methyl sites for hydroxylation is 2. The molecule has 0 amide bonds. The molecule has 0 unspecified atom stereocenters. The summed E-state index contributed by atoms with van der Waals surface area (Å²) in [5.74, 6) is 0. The van der Waals surface area contributed by atoms with Gasteiger partial charge >= 0.3 is 0 Å². The van der Waals surface area contributed by atoms with Crippen LogP contribution in [-0.2, 0) is 10.8 Å². The van der Waals surface area contributed by atoms with Crippen LogP contribution in [0.1, 0.15) is 89.0 Å². The van der Waals surface area contributed by atoms with E-state index >= 15 is 0 Å². The van der Waals surface area contributed by atoms with E-state index < -0.39 is 0 Å². The number of H-pyrrole nitrogens is 1. The first-order chi connectivity index (χ1) is 19.2. The Labute approximate surface area is 247 Å². The quantitative estimate of drug-likeness (QED) is 0.267. The Morgan fingerprint density at radius 1 is 0.659 bits per heavy atom. The molecule has 5 rings (SSSR count). The molecule has 3 aromatic carbocycles. The first-order valence-electron chi connectivity index (χ1n) is 14.7. The van der Waals surface area contributed by atoms with E-state index in [1.165, 1.54) is 50.1 Å². The minimum atomic E-state index is 0.0992. The molecule has 41 heavy (non-hydrogen) atoms. The number of allylic oxidation sites excluding steroid dienone is 2. The van der Waals surface area contributed by atoms with Crippen LogP contribution in [0, 0.1) is 13.8 Å². The van der Waals surface area contributed by atoms with Gasteiger partial charge in [0.2, 0.25) is 0 Å². The number of nitrogens with zero attached hydrogens (tertiary/aromatic N) is 1. The van der Waals surface area contributed by atoms with Crippen molar-refractivity contribution in [3.8, 4) is 22.3 Å². The lowest BCUT2D eigenvalue weighted by molar-refractivity contribution is 0.590. The van der Waals surface area contributed by atoms with Crippen LogP contribution in [0.25, 0.3) is 27.8 Å². The van der Waals surface area contributed by atoms with Crippen LogP contribution in [0.3, 0.4) is 0 Å². The van der Waals surface area contributed by atoms with Gasteiger partial charge in [-0.15, -0.1) is 0 Å². The molecule has 0 spiro atoms. The fraction of sp³-hybridized carbons (Fsp3) is 0.308. The minimum Gasteiger partial charge on any atom is -0.358 e. The average Bonchev–Trinajstić information content (AvgIpc) is 3.42. The lowest BCUT2D eigenvalue weighted by atomic mass is 9.81. The molecule has 210 valence electrons. The van der Waals surface area contributed by atoms with Crippen LogP contribution in [0.2, 0.25) is 0 Å². The molecule has 2 heteroatoms. The maximum atomic E-state index is 5.12. The number of rotatable bonds is 4. The van der Waals surface area contributed by atoms with Gasteiger partial charge < -0.3 is 4.98 Å². The smallest absolute Gasteiger partial charge is 0.0762 e. The largest absolute Gasteiger partial charge is 0.358 e. The van der Waals surface area contributed by atoms with Gasteiger partial charge in [0.15, 0.2) is 0 Å². The summed E-state index contributed by atoms with van der Waals surface area (Å²) in [4.78, 5) is 8.84. The van der Waals surface area contributed by atoms with E-state index in [1.807, 2.05) is 0 Å². The number of aromatic amines is 1. The van der Waals surface area contributed by atoms with Crippen molar-refractivity contribution in [2.75, 3.05) is 0 Å². The van der Waals surface area contributed by atoms with Gasteiger partial charge in [0, 0.05) is 22.5 Å². The highest BCUT2D eigenvalue weighted by molar-refractivity contribution is 6.04. The molecule has 0 saturated heterocycles. The maximum absolute atomic E-state index is 5.12. The summed E-state index contributed by atoms with van der Waals surface area (Å²) in [5, 5.41) is 0. The highest BCUT2D eigenvalue weighted by atomic mass is 14.8. The van der Waals surface area contributed by atoms with Crippen LogP contribution in [0.4, 0.5) is 0 Å². The second-order valence-electron chi connectivity index (χ2n) is 13.7. The molecule has 1 aromatic heterocycles. The van der Waals surface area contributed by atoms with E-state index in [4.69, 9.17) is 4.99 Å². The summed E-state index contributed by atoms with van der Waals surface area (Å²) in [5.41, 5.74) is 16.9. The van der Waals surface area contributed by atoms with Crippen molar-refractivity contribution in [1.29, 1.82) is 0 Å². The van der Waals surface area contributed by atoms with Crippen molar-refractivity contribution in [2.24, 2.45) is 4.99 Å². The van der Waals surface area contributed by atoms with Gasteiger partial charge in [0.25, 0.3) is 0 Å². The lowest BCUT2D eigenvalue weighted by Gasteiger charge is -2.23. The van der Waals surface area contributed by atoms with E-state index in [1.54, 1.807) is 0 Å². The molecule has 1 N–H and O–H groups in total. The van der Waals surface area contributed by atoms with E-state index in [0.29, 0.717) is 0 Å². The molecule has 0 radical (unpaired) electrons. The Bertz CT molecular complexity index is 1610. The zero-order valence-electron chi connectivity index (χ0n) is 26.5. The molecule has 0 fully saturated rings. The highest BCUT2D eigenvalue weighted by Crippen LogP contribution is 2.44. The topological polar surface area (TPSA) is 28.1 Å². The molecular formula is C39H44N2. The van der Waals surface area contributed by atoms with Crippen LogP contribution < -0.4 is 0 Å². The monoisotopic (exact) mass is 540 g/mol. The second-order valence-corrected chi connectivity index (χ2v) is 13.7. The van der Waals surface area contributed by atoms with Crippen molar-refractivity contribution in [3.63, 3.8) is 0 Å². The normalized spacial score (nSPS) is 15.2. The van der Waals surface area contributed by atoms with E-state index in [0.717, 1.165) is 28.4 Å². The molecular weight excluding hydrogens is 496 g/mol. The number of nitrogens with one attached hydrogen (secondary N) is 1. The van der Waals surface area contributed by atoms with E-state index in [2.05, 4.69) is 153 Å². The van der Waals surface area contributed by atoms with Gasteiger partial charge in [-0.25, -0.2) is 0 Å². The predicted octanol–water partition coefficient (Wildman–Crippen LogP) is 10.7. The Kier molecular flexibility index (Phi) is 7.32. The number of aliphatic imine (C=N–C) groups is 1. The average molecular weight is 541 g/mol. The van der Waals surface area contributed by atoms with Crippen molar-refractivity contribution >= 4 is 11.3 Å². The summed E-state index contributed by atoms with van der Waals surface area (Å²) in [6, 6.07) is 27.2. The molecule has 1 aliphatic heterocycles. The van der Waals surface area contributed by atoms with Gasteiger partial charge in [0.1, 0.15) is 0 Å². The number of aromatic nitrogens is 1. The van der Waals surface area contributed by atoms with Gasteiger partial charge in [-0.05, 0) is 95.2 Å². The van der Waals surface area contributed by atoms with Crippen LogP contribution >= 0.6 is 0 Å². The summed E-state index contributed by atoms with van der Waals surface area (Å²) in [6.07, 6.45) is 2.19. The number of hydrogen-bond donors (Lipinski definition) is 1. The zero-order valence-corrected chi connectivity index (χ0v) is 26.5. The third kappa shape index (κ3) is 5.66. The third-order valence-corrected chi connectivity index (χ3v) is 8.16. The van der Waals surface area contributed by atoms with Gasteiger partial charge in [0.05, 0.1) is 11.4 Å². The van der Waals surface area contributed by atoms with Crippen molar-refractivity contribution in [3.05, 3.63) is 124 Å². The number of benzene rings is 3. The van der Waals surface area contributed by atoms with Gasteiger partial charge in [-0.1, -0.05) is 108 Å². The van der Waals surface area contributed by atoms with Gasteiger partial charge in [-0.3, -0.25) is 4.99 Å². The molecule has 0 aliphatic carbocycles. The molecule has 0 bridgehead atoms. The first-order valence-corrected chi connectivity index (χ1v) is 14.7. The van der Waals surface area contributed by atoms with Crippen LogP contribution in [0.5, 0.6) is 0 Å². The zero-order chi connectivity index (χ0) is 29.7. The molecule has 0 atom stereocenters. The van der Waals surface area contributed by atoms with Crippen molar-refractivity contribution < 1.29 is 0 Å². The van der Waals surface area contributed by atoms with Crippen LogP contribution in [0.15, 0.2) is 95.1 Å². The van der Waals surface area contributed by atoms with Crippen molar-refractivity contribution in [2.45, 2.75) is 80.1 Å². The first kappa shape index (κ1) is 28.6. The minimum absolute atomic E-state index is 0.0992. The maximum Gasteiger partial charge on any atom is 0.0762 e. The third-order valence-electron chi connectivity index (χ3n) is 8.16. The summed E-state index contributed by atoms with van der Waals surface area (Å²) in [7, 11) is 0. The highest BCUT2D eigenvalue weighted by Gasteiger charge is 2.26. The Morgan fingerprint density at radius 2 is 1.15 bits per heavy atom. The molecule has 4 aromatic rings. The van der Waals surface area contributed by atoms with Gasteiger partial charge in [-0.2, -0.15) is 0 Å². The summed E-state index contributed by atoms with van der Waals surface area (Å²) in [6.45, 7) is 22.2. The lowest BCUT2D eigenvalue weighted by Crippen LogP contribution is -2.10. The van der Waals surface area contributed by atoms with E-state index in [-0.39, 0.29) is 10.8 Å². The Morgan fingerprint density at radius 3 is 1.51 bits per heavy atom. The van der Waals surface area contributed by atoms with E-state index in [9.17, 15) is 0 Å². The standard InChI is InChI=1S/C39H44N2/c1-24-22-26(3)40-36(24)35(37-25(2)23-27(4)41-37)34-32(28-14-18-30(19-15-28)38(5,6)7)12-11-13-33(34)29-16-20-31(21-17-29)39(8,9)10/h11-23,40H,1-10H3/b37-35-. The Hall–Kier alpha value is -3.91. The predicted molar refractivity (Wildman–Crippen MR) is 178 cm³/mol. The SMILES string of the molecule is CC1=CC(C)=N/C1=C(\c1[nH]c(C)cc1C)c1c(-c2ccc(C(C)(C)C)cc2)cccc1-c1ccc(C(C)(C)C)cc1.